The summed E-state index contributed by atoms with van der Waals surface area (Å²) >= 11 is 0. The number of rotatable bonds is 7. The van der Waals surface area contributed by atoms with Crippen LogP contribution in [0.15, 0.2) is 36.7 Å². The third kappa shape index (κ3) is 4.05. The molecule has 1 aromatic carbocycles. The predicted octanol–water partition coefficient (Wildman–Crippen LogP) is 3.63. The van der Waals surface area contributed by atoms with Crippen molar-refractivity contribution in [2.45, 2.75) is 46.7 Å². The molecule has 1 saturated carbocycles. The van der Waals surface area contributed by atoms with Gasteiger partial charge in [0.2, 0.25) is 5.91 Å². The maximum atomic E-state index is 12.6. The minimum Gasteiger partial charge on any atom is -0.335 e. The van der Waals surface area contributed by atoms with Crippen LogP contribution in [0.5, 0.6) is 0 Å². The fraction of sp³-hybridized carbons (Fsp3) is 0.500. The third-order valence-electron chi connectivity index (χ3n) is 4.56. The van der Waals surface area contributed by atoms with E-state index in [1.54, 1.807) is 0 Å². The van der Waals surface area contributed by atoms with Crippen molar-refractivity contribution < 1.29 is 4.79 Å². The first-order valence-corrected chi connectivity index (χ1v) is 8.88. The Morgan fingerprint density at radius 1 is 1.33 bits per heavy atom. The van der Waals surface area contributed by atoms with Crippen LogP contribution >= 0.6 is 0 Å². The monoisotopic (exact) mass is 325 g/mol. The summed E-state index contributed by atoms with van der Waals surface area (Å²) in [5.41, 5.74) is 2.57. The smallest absolute Gasteiger partial charge is 0.226 e. The van der Waals surface area contributed by atoms with Gasteiger partial charge in [0.05, 0.1) is 6.54 Å². The first-order valence-electron chi connectivity index (χ1n) is 8.88. The Bertz CT molecular complexity index is 700. The van der Waals surface area contributed by atoms with E-state index in [4.69, 9.17) is 0 Å². The third-order valence-corrected chi connectivity index (χ3v) is 4.56. The van der Waals surface area contributed by atoms with E-state index in [9.17, 15) is 4.79 Å². The van der Waals surface area contributed by atoms with Crippen molar-refractivity contribution in [3.05, 3.63) is 53.6 Å². The Labute approximate surface area is 144 Å². The minimum atomic E-state index is 0.253. The number of benzene rings is 1. The zero-order valence-electron chi connectivity index (χ0n) is 14.9. The number of carbonyl (C=O) groups is 1. The molecule has 0 bridgehead atoms. The van der Waals surface area contributed by atoms with Crippen LogP contribution < -0.4 is 0 Å². The molecular weight excluding hydrogens is 298 g/mol. The minimum absolute atomic E-state index is 0.253. The average molecular weight is 325 g/mol. The van der Waals surface area contributed by atoms with Gasteiger partial charge in [0.25, 0.3) is 0 Å². The second-order valence-corrected chi connectivity index (χ2v) is 7.28. The van der Waals surface area contributed by atoms with Crippen LogP contribution in [0.4, 0.5) is 0 Å². The van der Waals surface area contributed by atoms with Crippen LogP contribution in [0.1, 0.15) is 43.6 Å². The fourth-order valence-corrected chi connectivity index (χ4v) is 3.04. The van der Waals surface area contributed by atoms with Gasteiger partial charge < -0.3 is 9.47 Å². The van der Waals surface area contributed by atoms with Gasteiger partial charge in [0.1, 0.15) is 5.82 Å². The summed E-state index contributed by atoms with van der Waals surface area (Å²) in [6.07, 6.45) is 5.94. The maximum Gasteiger partial charge on any atom is 0.226 e. The summed E-state index contributed by atoms with van der Waals surface area (Å²) < 4.78 is 2.16. The van der Waals surface area contributed by atoms with Crippen molar-refractivity contribution in [3.8, 4) is 0 Å². The van der Waals surface area contributed by atoms with Crippen LogP contribution in [0.3, 0.4) is 0 Å². The van der Waals surface area contributed by atoms with E-state index >= 15 is 0 Å². The molecule has 4 heteroatoms. The van der Waals surface area contributed by atoms with Gasteiger partial charge in [-0.05, 0) is 36.8 Å². The van der Waals surface area contributed by atoms with Gasteiger partial charge in [-0.15, -0.1) is 0 Å². The summed E-state index contributed by atoms with van der Waals surface area (Å²) in [6.45, 7) is 8.65. The molecule has 0 atom stereocenters. The van der Waals surface area contributed by atoms with Crippen LogP contribution in [-0.4, -0.2) is 26.9 Å². The molecule has 0 radical (unpaired) electrons. The van der Waals surface area contributed by atoms with E-state index in [1.807, 2.05) is 17.3 Å². The number of hydrogen-bond acceptors (Lipinski definition) is 2. The summed E-state index contributed by atoms with van der Waals surface area (Å²) in [6, 6.07) is 8.42. The highest BCUT2D eigenvalue weighted by Crippen LogP contribution is 2.31. The molecule has 0 aliphatic heterocycles. The molecule has 0 saturated heterocycles. The van der Waals surface area contributed by atoms with Gasteiger partial charge in [-0.3, -0.25) is 4.79 Å². The quantitative estimate of drug-likeness (QED) is 0.779. The molecular formula is C20H27N3O. The van der Waals surface area contributed by atoms with Gasteiger partial charge in [0.15, 0.2) is 0 Å². The summed E-state index contributed by atoms with van der Waals surface area (Å²) in [5.74, 6) is 1.98. The molecule has 0 N–H and O–H groups in total. The van der Waals surface area contributed by atoms with Crippen molar-refractivity contribution >= 4 is 5.91 Å². The lowest BCUT2D eigenvalue weighted by molar-refractivity contribution is -0.133. The second-order valence-electron chi connectivity index (χ2n) is 7.28. The van der Waals surface area contributed by atoms with Gasteiger partial charge >= 0.3 is 0 Å². The summed E-state index contributed by atoms with van der Waals surface area (Å²) in [7, 11) is 0. The number of hydrogen-bond donors (Lipinski definition) is 0. The van der Waals surface area contributed by atoms with E-state index < -0.39 is 0 Å². The Hall–Kier alpha value is -2.10. The van der Waals surface area contributed by atoms with E-state index in [1.165, 1.54) is 11.1 Å². The lowest BCUT2D eigenvalue weighted by Gasteiger charge is -2.25. The molecule has 2 aromatic rings. The fourth-order valence-electron chi connectivity index (χ4n) is 3.04. The van der Waals surface area contributed by atoms with Gasteiger partial charge in [-0.2, -0.15) is 0 Å². The Morgan fingerprint density at radius 2 is 2.08 bits per heavy atom. The Kier molecular flexibility index (Phi) is 5.03. The molecule has 1 amide bonds. The van der Waals surface area contributed by atoms with E-state index in [0.717, 1.165) is 31.8 Å². The van der Waals surface area contributed by atoms with Crippen LogP contribution in [0.2, 0.25) is 0 Å². The molecule has 1 heterocycles. The van der Waals surface area contributed by atoms with Crippen molar-refractivity contribution in [1.82, 2.24) is 14.5 Å². The van der Waals surface area contributed by atoms with Crippen molar-refractivity contribution in [2.75, 3.05) is 6.54 Å². The molecule has 24 heavy (non-hydrogen) atoms. The number of imidazole rings is 1. The number of aryl methyl sites for hydroxylation is 1. The number of carbonyl (C=O) groups excluding carboxylic acids is 1. The molecule has 4 nitrogen and oxygen atoms in total. The highest BCUT2D eigenvalue weighted by atomic mass is 16.2. The molecule has 1 aliphatic rings. The van der Waals surface area contributed by atoms with Crippen LogP contribution in [0.25, 0.3) is 0 Å². The predicted molar refractivity (Wildman–Crippen MR) is 95.5 cm³/mol. The lowest BCUT2D eigenvalue weighted by atomic mass is 10.1. The van der Waals surface area contributed by atoms with E-state index in [-0.39, 0.29) is 5.92 Å². The molecule has 128 valence electrons. The van der Waals surface area contributed by atoms with Crippen molar-refractivity contribution in [2.24, 2.45) is 11.8 Å². The van der Waals surface area contributed by atoms with Crippen LogP contribution in [-0.2, 0) is 17.9 Å². The highest BCUT2D eigenvalue weighted by Gasteiger charge is 2.34. The zero-order valence-corrected chi connectivity index (χ0v) is 14.9. The molecule has 3 rings (SSSR count). The summed E-state index contributed by atoms with van der Waals surface area (Å²) in [5, 5.41) is 0. The lowest BCUT2D eigenvalue weighted by Crippen LogP contribution is -2.35. The van der Waals surface area contributed by atoms with Crippen molar-refractivity contribution in [3.63, 3.8) is 0 Å². The topological polar surface area (TPSA) is 38.1 Å². The zero-order chi connectivity index (χ0) is 17.1. The van der Waals surface area contributed by atoms with Crippen LogP contribution in [0, 0.1) is 18.8 Å². The number of amides is 1. The standard InChI is InChI=1S/C20H27N3O/c1-15(2)12-23(20(24)17-8-9-17)14-19-21-10-11-22(19)13-18-7-5-4-6-16(18)3/h4-7,10-11,15,17H,8-9,12-14H2,1-3H3. The second kappa shape index (κ2) is 7.20. The molecule has 1 aromatic heterocycles. The number of nitrogens with zero attached hydrogens (tertiary/aromatic N) is 3. The highest BCUT2D eigenvalue weighted by molar-refractivity contribution is 5.81. The summed E-state index contributed by atoms with van der Waals surface area (Å²) in [4.78, 5) is 19.1. The Balaban J connectivity index is 1.75. The van der Waals surface area contributed by atoms with Gasteiger partial charge in [-0.25, -0.2) is 4.98 Å². The first kappa shape index (κ1) is 16.7. The molecule has 0 spiro atoms. The molecule has 1 aliphatic carbocycles. The Morgan fingerprint density at radius 3 is 2.75 bits per heavy atom. The van der Waals surface area contributed by atoms with E-state index in [0.29, 0.717) is 18.4 Å². The normalized spacial score (nSPS) is 14.2. The molecule has 1 fully saturated rings. The molecule has 0 unspecified atom stereocenters. The largest absolute Gasteiger partial charge is 0.335 e. The maximum absolute atomic E-state index is 12.6. The number of aromatic nitrogens is 2. The van der Waals surface area contributed by atoms with Gasteiger partial charge in [0, 0.05) is 31.4 Å². The average Bonchev–Trinajstić information content (AvgIpc) is 3.30. The van der Waals surface area contributed by atoms with Crippen molar-refractivity contribution in [1.29, 1.82) is 0 Å². The first-order chi connectivity index (χ1) is 11.5. The van der Waals surface area contributed by atoms with E-state index in [2.05, 4.69) is 54.6 Å². The SMILES string of the molecule is Cc1ccccc1Cn1ccnc1CN(CC(C)C)C(=O)C1CC1. The van der Waals surface area contributed by atoms with Gasteiger partial charge in [-0.1, -0.05) is 38.1 Å².